The quantitative estimate of drug-likeness (QED) is 0.802. The van der Waals surface area contributed by atoms with Gasteiger partial charge < -0.3 is 10.1 Å². The molecule has 0 aliphatic carbocycles. The first kappa shape index (κ1) is 10.6. The molecule has 1 atom stereocenters. The van der Waals surface area contributed by atoms with Crippen LogP contribution in [0, 0.1) is 0 Å². The van der Waals surface area contributed by atoms with Crippen LogP contribution in [0.25, 0.3) is 0 Å². The van der Waals surface area contributed by atoms with Gasteiger partial charge in [0.1, 0.15) is 0 Å². The van der Waals surface area contributed by atoms with E-state index in [0.29, 0.717) is 5.92 Å². The Morgan fingerprint density at radius 3 is 3.00 bits per heavy atom. The van der Waals surface area contributed by atoms with Gasteiger partial charge in [-0.25, -0.2) is 0 Å². The van der Waals surface area contributed by atoms with E-state index in [4.69, 9.17) is 4.74 Å². The number of hydrogen-bond donors (Lipinski definition) is 1. The number of ether oxygens (including phenoxy) is 1. The average molecular weight is 206 g/mol. The molecule has 1 aromatic rings. The van der Waals surface area contributed by atoms with Crippen LogP contribution in [0.3, 0.4) is 0 Å². The topological polar surface area (TPSA) is 34.1 Å². The average Bonchev–Trinajstić information content (AvgIpc) is 2.30. The molecule has 1 aromatic heterocycles. The third-order valence-electron chi connectivity index (χ3n) is 2.66. The van der Waals surface area contributed by atoms with Gasteiger partial charge in [0.15, 0.2) is 0 Å². The fraction of sp³-hybridized carbons (Fsp3) is 0.583. The molecular formula is C12H18N2O. The number of nitrogens with one attached hydrogen (secondary N) is 1. The zero-order valence-corrected chi connectivity index (χ0v) is 9.36. The van der Waals surface area contributed by atoms with Crippen molar-refractivity contribution in [3.8, 4) is 0 Å². The molecule has 2 rings (SSSR count). The summed E-state index contributed by atoms with van der Waals surface area (Å²) in [7, 11) is 0. The van der Waals surface area contributed by atoms with Crippen LogP contribution in [-0.4, -0.2) is 24.7 Å². The highest BCUT2D eigenvalue weighted by Crippen LogP contribution is 2.17. The number of morpholine rings is 1. The minimum atomic E-state index is 0.262. The standard InChI is InChI=1S/C12H18N2O/c1-9(2)10-4-3-5-11(14-10)12-8-15-7-6-13-12/h3-5,9,12-13H,6-8H2,1-2H3. The van der Waals surface area contributed by atoms with Gasteiger partial charge in [-0.3, -0.25) is 4.98 Å². The molecule has 0 bridgehead atoms. The fourth-order valence-corrected chi connectivity index (χ4v) is 1.74. The van der Waals surface area contributed by atoms with Crippen molar-refractivity contribution in [1.29, 1.82) is 0 Å². The Bertz CT molecular complexity index is 319. The van der Waals surface area contributed by atoms with E-state index in [9.17, 15) is 0 Å². The monoisotopic (exact) mass is 206 g/mol. The van der Waals surface area contributed by atoms with Crippen LogP contribution in [0.2, 0.25) is 0 Å². The summed E-state index contributed by atoms with van der Waals surface area (Å²) in [5, 5.41) is 3.41. The van der Waals surface area contributed by atoms with Crippen LogP contribution in [0.15, 0.2) is 18.2 Å². The first-order valence-corrected chi connectivity index (χ1v) is 5.55. The molecule has 1 unspecified atom stereocenters. The third-order valence-corrected chi connectivity index (χ3v) is 2.66. The summed E-state index contributed by atoms with van der Waals surface area (Å²) in [6, 6.07) is 6.49. The Kier molecular flexibility index (Phi) is 3.34. The highest BCUT2D eigenvalue weighted by molar-refractivity contribution is 5.16. The lowest BCUT2D eigenvalue weighted by molar-refractivity contribution is 0.0755. The molecule has 15 heavy (non-hydrogen) atoms. The Labute approximate surface area is 90.9 Å². The maximum absolute atomic E-state index is 5.43. The second-order valence-corrected chi connectivity index (χ2v) is 4.22. The molecule has 0 amide bonds. The van der Waals surface area contributed by atoms with E-state index >= 15 is 0 Å². The SMILES string of the molecule is CC(C)c1cccc(C2COCCN2)n1. The molecule has 3 heteroatoms. The number of hydrogen-bond acceptors (Lipinski definition) is 3. The van der Waals surface area contributed by atoms with Crippen molar-refractivity contribution < 1.29 is 4.74 Å². The van der Waals surface area contributed by atoms with Crippen molar-refractivity contribution >= 4 is 0 Å². The van der Waals surface area contributed by atoms with Crippen molar-refractivity contribution in [1.82, 2.24) is 10.3 Å². The van der Waals surface area contributed by atoms with Gasteiger partial charge in [0.05, 0.1) is 24.9 Å². The van der Waals surface area contributed by atoms with Crippen LogP contribution in [0.1, 0.15) is 37.2 Å². The largest absolute Gasteiger partial charge is 0.378 e. The van der Waals surface area contributed by atoms with Crippen molar-refractivity contribution in [2.75, 3.05) is 19.8 Å². The van der Waals surface area contributed by atoms with Crippen molar-refractivity contribution in [3.63, 3.8) is 0 Å². The summed E-state index contributed by atoms with van der Waals surface area (Å²) < 4.78 is 5.43. The van der Waals surface area contributed by atoms with Gasteiger partial charge in [0.2, 0.25) is 0 Å². The lowest BCUT2D eigenvalue weighted by Gasteiger charge is -2.23. The molecular weight excluding hydrogens is 188 g/mol. The Morgan fingerprint density at radius 1 is 1.47 bits per heavy atom. The highest BCUT2D eigenvalue weighted by atomic mass is 16.5. The van der Waals surface area contributed by atoms with Crippen molar-refractivity contribution in [2.45, 2.75) is 25.8 Å². The normalized spacial score (nSPS) is 21.9. The van der Waals surface area contributed by atoms with Crippen molar-refractivity contribution in [2.24, 2.45) is 0 Å². The minimum Gasteiger partial charge on any atom is -0.378 e. The van der Waals surface area contributed by atoms with Crippen LogP contribution in [0.5, 0.6) is 0 Å². The van der Waals surface area contributed by atoms with E-state index in [0.717, 1.165) is 31.1 Å². The van der Waals surface area contributed by atoms with Gasteiger partial charge in [0, 0.05) is 12.2 Å². The van der Waals surface area contributed by atoms with E-state index in [2.05, 4.69) is 42.3 Å². The summed E-state index contributed by atoms with van der Waals surface area (Å²) in [4.78, 5) is 4.65. The van der Waals surface area contributed by atoms with E-state index in [1.54, 1.807) is 0 Å². The molecule has 1 N–H and O–H groups in total. The van der Waals surface area contributed by atoms with E-state index < -0.39 is 0 Å². The molecule has 1 fully saturated rings. The lowest BCUT2D eigenvalue weighted by Crippen LogP contribution is -2.35. The highest BCUT2D eigenvalue weighted by Gasteiger charge is 2.16. The first-order valence-electron chi connectivity index (χ1n) is 5.55. The molecule has 0 aromatic carbocycles. The Balaban J connectivity index is 2.16. The Hall–Kier alpha value is -0.930. The summed E-state index contributed by atoms with van der Waals surface area (Å²) in [6.45, 7) is 6.78. The van der Waals surface area contributed by atoms with Crippen LogP contribution < -0.4 is 5.32 Å². The van der Waals surface area contributed by atoms with Crippen LogP contribution >= 0.6 is 0 Å². The molecule has 1 saturated heterocycles. The van der Waals surface area contributed by atoms with Gasteiger partial charge in [-0.2, -0.15) is 0 Å². The molecule has 82 valence electrons. The number of pyridine rings is 1. The maximum Gasteiger partial charge on any atom is 0.0733 e. The fourth-order valence-electron chi connectivity index (χ4n) is 1.74. The third kappa shape index (κ3) is 2.55. The van der Waals surface area contributed by atoms with E-state index in [1.165, 1.54) is 0 Å². The van der Waals surface area contributed by atoms with E-state index in [1.807, 2.05) is 0 Å². The molecule has 0 radical (unpaired) electrons. The zero-order valence-electron chi connectivity index (χ0n) is 9.36. The van der Waals surface area contributed by atoms with Crippen molar-refractivity contribution in [3.05, 3.63) is 29.6 Å². The van der Waals surface area contributed by atoms with Crippen LogP contribution in [0.4, 0.5) is 0 Å². The van der Waals surface area contributed by atoms with Gasteiger partial charge >= 0.3 is 0 Å². The molecule has 1 aliphatic heterocycles. The van der Waals surface area contributed by atoms with Gasteiger partial charge in [-0.15, -0.1) is 0 Å². The summed E-state index contributed by atoms with van der Waals surface area (Å²) in [5.74, 6) is 0.481. The summed E-state index contributed by atoms with van der Waals surface area (Å²) in [6.07, 6.45) is 0. The maximum atomic E-state index is 5.43. The molecule has 3 nitrogen and oxygen atoms in total. The summed E-state index contributed by atoms with van der Waals surface area (Å²) >= 11 is 0. The van der Waals surface area contributed by atoms with Crippen LogP contribution in [-0.2, 0) is 4.74 Å². The second kappa shape index (κ2) is 4.73. The van der Waals surface area contributed by atoms with Gasteiger partial charge in [0.25, 0.3) is 0 Å². The second-order valence-electron chi connectivity index (χ2n) is 4.22. The predicted octanol–water partition coefficient (Wildman–Crippen LogP) is 1.87. The molecule has 0 saturated carbocycles. The lowest BCUT2D eigenvalue weighted by atomic mass is 10.1. The minimum absolute atomic E-state index is 0.262. The smallest absolute Gasteiger partial charge is 0.0733 e. The van der Waals surface area contributed by atoms with Gasteiger partial charge in [-0.1, -0.05) is 19.9 Å². The molecule has 1 aliphatic rings. The zero-order chi connectivity index (χ0) is 10.7. The molecule has 0 spiro atoms. The summed E-state index contributed by atoms with van der Waals surface area (Å²) in [5.41, 5.74) is 2.25. The van der Waals surface area contributed by atoms with E-state index in [-0.39, 0.29) is 6.04 Å². The number of aromatic nitrogens is 1. The van der Waals surface area contributed by atoms with Gasteiger partial charge in [-0.05, 0) is 18.1 Å². The predicted molar refractivity (Wildman–Crippen MR) is 59.9 cm³/mol. The number of nitrogens with zero attached hydrogens (tertiary/aromatic N) is 1. The Morgan fingerprint density at radius 2 is 2.33 bits per heavy atom. The first-order chi connectivity index (χ1) is 7.27. The molecule has 2 heterocycles. The number of rotatable bonds is 2.